The zero-order valence-electron chi connectivity index (χ0n) is 8.40. The van der Waals surface area contributed by atoms with Crippen molar-refractivity contribution >= 4 is 0 Å². The minimum Gasteiger partial charge on any atom is -0.329 e. The molecule has 3 N–H and O–H groups in total. The highest BCUT2D eigenvalue weighted by atomic mass is 15.0. The van der Waals surface area contributed by atoms with E-state index in [2.05, 4.69) is 19.2 Å². The van der Waals surface area contributed by atoms with E-state index in [1.165, 1.54) is 32.1 Å². The first-order valence-electron chi connectivity index (χ1n) is 5.12. The van der Waals surface area contributed by atoms with E-state index in [1.54, 1.807) is 0 Å². The predicted molar refractivity (Wildman–Crippen MR) is 53.1 cm³/mol. The second-order valence-electron chi connectivity index (χ2n) is 4.57. The van der Waals surface area contributed by atoms with Crippen LogP contribution in [-0.2, 0) is 0 Å². The number of nitrogens with two attached hydrogens (primary N) is 1. The van der Waals surface area contributed by atoms with Crippen molar-refractivity contribution in [1.29, 1.82) is 0 Å². The minimum atomic E-state index is 0.127. The summed E-state index contributed by atoms with van der Waals surface area (Å²) in [6.45, 7) is 5.09. The Bertz CT molecular complexity index is 126. The molecule has 0 bridgehead atoms. The Hall–Kier alpha value is -0.0800. The normalized spacial score (nSPS) is 21.2. The third kappa shape index (κ3) is 3.11. The Balaban J connectivity index is 2.28. The third-order valence-electron chi connectivity index (χ3n) is 2.71. The van der Waals surface area contributed by atoms with E-state index >= 15 is 0 Å². The topological polar surface area (TPSA) is 38.0 Å². The van der Waals surface area contributed by atoms with Crippen LogP contribution in [-0.4, -0.2) is 18.1 Å². The number of hydrogen-bond donors (Lipinski definition) is 2. The Morgan fingerprint density at radius 1 is 1.25 bits per heavy atom. The molecule has 0 atom stereocenters. The van der Waals surface area contributed by atoms with E-state index in [9.17, 15) is 0 Å². The van der Waals surface area contributed by atoms with Crippen molar-refractivity contribution in [2.24, 2.45) is 5.73 Å². The highest BCUT2D eigenvalue weighted by Crippen LogP contribution is 2.19. The van der Waals surface area contributed by atoms with E-state index < -0.39 is 0 Å². The zero-order valence-corrected chi connectivity index (χ0v) is 8.40. The van der Waals surface area contributed by atoms with E-state index in [-0.39, 0.29) is 5.54 Å². The summed E-state index contributed by atoms with van der Waals surface area (Å²) in [5.41, 5.74) is 5.79. The van der Waals surface area contributed by atoms with Gasteiger partial charge in [0.05, 0.1) is 0 Å². The van der Waals surface area contributed by atoms with Crippen molar-refractivity contribution in [3.8, 4) is 0 Å². The van der Waals surface area contributed by atoms with Crippen LogP contribution >= 0.6 is 0 Å². The van der Waals surface area contributed by atoms with Gasteiger partial charge in [0.15, 0.2) is 0 Å². The Kier molecular flexibility index (Phi) is 3.53. The number of nitrogens with one attached hydrogen (secondary N) is 1. The lowest BCUT2D eigenvalue weighted by Gasteiger charge is -2.32. The number of hydrogen-bond acceptors (Lipinski definition) is 2. The molecule has 0 aromatic rings. The molecule has 0 aromatic heterocycles. The lowest BCUT2D eigenvalue weighted by Crippen LogP contribution is -2.51. The Labute approximate surface area is 75.9 Å². The fraction of sp³-hybridized carbons (Fsp3) is 1.00. The van der Waals surface area contributed by atoms with E-state index in [0.717, 1.165) is 12.6 Å². The first-order valence-corrected chi connectivity index (χ1v) is 5.12. The van der Waals surface area contributed by atoms with Gasteiger partial charge in [-0.2, -0.15) is 0 Å². The van der Waals surface area contributed by atoms with Gasteiger partial charge in [-0.3, -0.25) is 0 Å². The SMILES string of the molecule is CC(C)(CN)NC1CCCCC1. The van der Waals surface area contributed by atoms with Gasteiger partial charge in [-0.05, 0) is 26.7 Å². The Morgan fingerprint density at radius 3 is 2.33 bits per heavy atom. The van der Waals surface area contributed by atoms with Crippen LogP contribution in [0.4, 0.5) is 0 Å². The summed E-state index contributed by atoms with van der Waals surface area (Å²) in [5, 5.41) is 3.62. The molecular weight excluding hydrogens is 148 g/mol. The molecule has 1 fully saturated rings. The maximum Gasteiger partial charge on any atom is 0.0249 e. The molecule has 2 nitrogen and oxygen atoms in total. The fourth-order valence-electron chi connectivity index (χ4n) is 1.86. The Morgan fingerprint density at radius 2 is 1.83 bits per heavy atom. The second-order valence-corrected chi connectivity index (χ2v) is 4.57. The molecule has 0 aliphatic heterocycles. The smallest absolute Gasteiger partial charge is 0.0249 e. The highest BCUT2D eigenvalue weighted by molar-refractivity contribution is 4.84. The molecule has 0 amide bonds. The van der Waals surface area contributed by atoms with E-state index in [0.29, 0.717) is 0 Å². The summed E-state index contributed by atoms with van der Waals surface area (Å²) in [6, 6.07) is 0.720. The average molecular weight is 170 g/mol. The van der Waals surface area contributed by atoms with Gasteiger partial charge >= 0.3 is 0 Å². The first-order chi connectivity index (χ1) is 5.64. The standard InChI is InChI=1S/C10H22N2/c1-10(2,8-11)12-9-6-4-3-5-7-9/h9,12H,3-8,11H2,1-2H3. The van der Waals surface area contributed by atoms with E-state index in [4.69, 9.17) is 5.73 Å². The summed E-state index contributed by atoms with van der Waals surface area (Å²) in [4.78, 5) is 0. The third-order valence-corrected chi connectivity index (χ3v) is 2.71. The largest absolute Gasteiger partial charge is 0.329 e. The molecule has 1 aliphatic rings. The molecule has 0 aromatic carbocycles. The lowest BCUT2D eigenvalue weighted by molar-refractivity contribution is 0.285. The molecule has 0 spiro atoms. The highest BCUT2D eigenvalue weighted by Gasteiger charge is 2.21. The number of rotatable bonds is 3. The molecule has 0 radical (unpaired) electrons. The van der Waals surface area contributed by atoms with Crippen LogP contribution in [0, 0.1) is 0 Å². The molecule has 1 saturated carbocycles. The molecule has 12 heavy (non-hydrogen) atoms. The quantitative estimate of drug-likeness (QED) is 0.676. The fourth-order valence-corrected chi connectivity index (χ4v) is 1.86. The summed E-state index contributed by atoms with van der Waals surface area (Å²) < 4.78 is 0. The van der Waals surface area contributed by atoms with Gasteiger partial charge in [0.2, 0.25) is 0 Å². The summed E-state index contributed by atoms with van der Waals surface area (Å²) in [6.07, 6.45) is 6.87. The summed E-state index contributed by atoms with van der Waals surface area (Å²) in [7, 11) is 0. The minimum absolute atomic E-state index is 0.127. The lowest BCUT2D eigenvalue weighted by atomic mass is 9.93. The van der Waals surface area contributed by atoms with Crippen LogP contribution in [0.1, 0.15) is 46.0 Å². The maximum atomic E-state index is 5.66. The van der Waals surface area contributed by atoms with Crippen LogP contribution in [0.2, 0.25) is 0 Å². The molecular formula is C10H22N2. The second kappa shape index (κ2) is 4.24. The molecule has 1 aliphatic carbocycles. The van der Waals surface area contributed by atoms with Crippen LogP contribution in [0.15, 0.2) is 0 Å². The molecule has 2 heteroatoms. The van der Waals surface area contributed by atoms with Gasteiger partial charge in [-0.15, -0.1) is 0 Å². The summed E-state index contributed by atoms with van der Waals surface area (Å²) in [5.74, 6) is 0. The van der Waals surface area contributed by atoms with Gasteiger partial charge in [-0.1, -0.05) is 19.3 Å². The first kappa shape index (κ1) is 10.0. The molecule has 0 heterocycles. The van der Waals surface area contributed by atoms with Crippen LogP contribution in [0.3, 0.4) is 0 Å². The summed E-state index contributed by atoms with van der Waals surface area (Å²) >= 11 is 0. The molecule has 0 unspecified atom stereocenters. The molecule has 0 saturated heterocycles. The monoisotopic (exact) mass is 170 g/mol. The predicted octanol–water partition coefficient (Wildman–Crippen LogP) is 1.65. The molecule has 72 valence electrons. The zero-order chi connectivity index (χ0) is 9.03. The van der Waals surface area contributed by atoms with Crippen LogP contribution in [0.25, 0.3) is 0 Å². The van der Waals surface area contributed by atoms with Crippen molar-refractivity contribution < 1.29 is 0 Å². The van der Waals surface area contributed by atoms with Crippen LogP contribution in [0.5, 0.6) is 0 Å². The van der Waals surface area contributed by atoms with Gasteiger partial charge in [0.1, 0.15) is 0 Å². The van der Waals surface area contributed by atoms with Gasteiger partial charge in [-0.25, -0.2) is 0 Å². The molecule has 1 rings (SSSR count). The van der Waals surface area contributed by atoms with Crippen molar-refractivity contribution in [3.05, 3.63) is 0 Å². The van der Waals surface area contributed by atoms with Gasteiger partial charge in [0.25, 0.3) is 0 Å². The average Bonchev–Trinajstić information content (AvgIpc) is 2.06. The van der Waals surface area contributed by atoms with Crippen molar-refractivity contribution in [3.63, 3.8) is 0 Å². The van der Waals surface area contributed by atoms with Crippen molar-refractivity contribution in [1.82, 2.24) is 5.32 Å². The van der Waals surface area contributed by atoms with E-state index in [1.807, 2.05) is 0 Å². The van der Waals surface area contributed by atoms with Gasteiger partial charge in [0, 0.05) is 18.1 Å². The van der Waals surface area contributed by atoms with Crippen molar-refractivity contribution in [2.75, 3.05) is 6.54 Å². The van der Waals surface area contributed by atoms with Crippen LogP contribution < -0.4 is 11.1 Å². The van der Waals surface area contributed by atoms with Gasteiger partial charge < -0.3 is 11.1 Å². The van der Waals surface area contributed by atoms with Crippen molar-refractivity contribution in [2.45, 2.75) is 57.5 Å². The maximum absolute atomic E-state index is 5.66.